The van der Waals surface area contributed by atoms with Crippen LogP contribution in [-0.4, -0.2) is 13.2 Å². The van der Waals surface area contributed by atoms with E-state index in [0.717, 1.165) is 23.8 Å². The summed E-state index contributed by atoms with van der Waals surface area (Å²) in [5, 5.41) is 4.36. The third-order valence-electron chi connectivity index (χ3n) is 2.91. The van der Waals surface area contributed by atoms with Crippen LogP contribution in [0.3, 0.4) is 0 Å². The van der Waals surface area contributed by atoms with Gasteiger partial charge in [0.05, 0.1) is 6.61 Å². The predicted octanol–water partition coefficient (Wildman–Crippen LogP) is 3.57. The molecule has 6 heteroatoms. The van der Waals surface area contributed by atoms with E-state index < -0.39 is 0 Å². The molecule has 0 saturated carbocycles. The Hall–Kier alpha value is -2.46. The molecule has 0 spiro atoms. The van der Waals surface area contributed by atoms with E-state index in [1.807, 2.05) is 19.1 Å². The lowest BCUT2D eigenvalue weighted by Crippen LogP contribution is -2.00. The minimum Gasteiger partial charge on any atom is -0.493 e. The van der Waals surface area contributed by atoms with Gasteiger partial charge in [-0.1, -0.05) is 5.11 Å². The Morgan fingerprint density at radius 2 is 2.20 bits per heavy atom. The average molecular weight is 273 g/mol. The Labute approximate surface area is 115 Å². The number of fused-ring (bicyclic) bond motifs is 1. The largest absolute Gasteiger partial charge is 0.493 e. The van der Waals surface area contributed by atoms with Crippen LogP contribution >= 0.6 is 0 Å². The molecule has 1 aromatic heterocycles. The second-order valence-electron chi connectivity index (χ2n) is 4.42. The van der Waals surface area contributed by atoms with Gasteiger partial charge in [0.15, 0.2) is 0 Å². The maximum Gasteiger partial charge on any atom is 0.336 e. The highest BCUT2D eigenvalue weighted by Gasteiger charge is 2.03. The SMILES string of the molecule is Cc1cc(=O)oc2cc(OCCCCN=[N+]=[N-])ccc12. The van der Waals surface area contributed by atoms with Crippen LogP contribution in [0.1, 0.15) is 18.4 Å². The summed E-state index contributed by atoms with van der Waals surface area (Å²) < 4.78 is 10.7. The summed E-state index contributed by atoms with van der Waals surface area (Å²) >= 11 is 0. The Bertz CT molecular complexity index is 702. The Morgan fingerprint density at radius 1 is 1.35 bits per heavy atom. The summed E-state index contributed by atoms with van der Waals surface area (Å²) in [4.78, 5) is 14.0. The quantitative estimate of drug-likeness (QED) is 0.265. The lowest BCUT2D eigenvalue weighted by Gasteiger charge is -2.07. The average Bonchev–Trinajstić information content (AvgIpc) is 2.42. The summed E-state index contributed by atoms with van der Waals surface area (Å²) in [6.45, 7) is 2.88. The van der Waals surface area contributed by atoms with E-state index >= 15 is 0 Å². The van der Waals surface area contributed by atoms with E-state index in [2.05, 4.69) is 10.0 Å². The zero-order valence-corrected chi connectivity index (χ0v) is 11.2. The molecule has 1 heterocycles. The van der Waals surface area contributed by atoms with Crippen LogP contribution in [0.2, 0.25) is 0 Å². The van der Waals surface area contributed by atoms with Gasteiger partial charge in [-0.3, -0.25) is 0 Å². The van der Waals surface area contributed by atoms with Crippen LogP contribution in [0.4, 0.5) is 0 Å². The van der Waals surface area contributed by atoms with Crippen molar-refractivity contribution in [3.05, 3.63) is 50.7 Å². The summed E-state index contributed by atoms with van der Waals surface area (Å²) in [6.07, 6.45) is 1.58. The second kappa shape index (κ2) is 6.63. The molecule has 0 fully saturated rings. The van der Waals surface area contributed by atoms with Gasteiger partial charge >= 0.3 is 5.63 Å². The summed E-state index contributed by atoms with van der Waals surface area (Å²) in [5.74, 6) is 0.662. The zero-order valence-electron chi connectivity index (χ0n) is 11.2. The molecule has 0 aliphatic rings. The molecule has 0 bridgehead atoms. The molecule has 0 radical (unpaired) electrons. The van der Waals surface area contributed by atoms with Gasteiger partial charge in [-0.25, -0.2) is 4.79 Å². The second-order valence-corrected chi connectivity index (χ2v) is 4.42. The first kappa shape index (κ1) is 14.0. The van der Waals surface area contributed by atoms with Crippen LogP contribution in [-0.2, 0) is 0 Å². The fourth-order valence-electron chi connectivity index (χ4n) is 1.91. The maximum absolute atomic E-state index is 11.3. The van der Waals surface area contributed by atoms with Crippen molar-refractivity contribution in [2.75, 3.05) is 13.2 Å². The third kappa shape index (κ3) is 3.52. The number of rotatable bonds is 6. The molecule has 20 heavy (non-hydrogen) atoms. The van der Waals surface area contributed by atoms with Crippen molar-refractivity contribution in [2.24, 2.45) is 5.11 Å². The zero-order chi connectivity index (χ0) is 14.4. The monoisotopic (exact) mass is 273 g/mol. The molecular formula is C14H15N3O3. The normalized spacial score (nSPS) is 10.2. The molecule has 0 atom stereocenters. The number of nitrogens with zero attached hydrogens (tertiary/aromatic N) is 3. The lowest BCUT2D eigenvalue weighted by molar-refractivity contribution is 0.307. The smallest absolute Gasteiger partial charge is 0.336 e. The lowest BCUT2D eigenvalue weighted by atomic mass is 10.1. The number of hydrogen-bond donors (Lipinski definition) is 0. The van der Waals surface area contributed by atoms with E-state index in [1.54, 1.807) is 6.07 Å². The van der Waals surface area contributed by atoms with Gasteiger partial charge in [0, 0.05) is 29.0 Å². The molecule has 2 aromatic rings. The predicted molar refractivity (Wildman–Crippen MR) is 76.0 cm³/mol. The van der Waals surface area contributed by atoms with Crippen molar-refractivity contribution in [2.45, 2.75) is 19.8 Å². The van der Waals surface area contributed by atoms with Crippen molar-refractivity contribution in [1.82, 2.24) is 0 Å². The van der Waals surface area contributed by atoms with Crippen molar-refractivity contribution in [3.8, 4) is 5.75 Å². The Balaban J connectivity index is 2.01. The van der Waals surface area contributed by atoms with Crippen LogP contribution in [0.25, 0.3) is 21.4 Å². The molecule has 0 unspecified atom stereocenters. The maximum atomic E-state index is 11.3. The number of ether oxygens (including phenoxy) is 1. The van der Waals surface area contributed by atoms with Gasteiger partial charge in [-0.2, -0.15) is 0 Å². The minimum absolute atomic E-state index is 0.360. The van der Waals surface area contributed by atoms with Crippen LogP contribution in [0.15, 0.2) is 38.6 Å². The van der Waals surface area contributed by atoms with Gasteiger partial charge in [0.1, 0.15) is 11.3 Å². The fraction of sp³-hybridized carbons (Fsp3) is 0.357. The van der Waals surface area contributed by atoms with Crippen LogP contribution in [0, 0.1) is 6.92 Å². The molecule has 0 amide bonds. The van der Waals surface area contributed by atoms with Crippen LogP contribution < -0.4 is 10.4 Å². The number of hydrogen-bond acceptors (Lipinski definition) is 4. The number of azide groups is 1. The topological polar surface area (TPSA) is 88.2 Å². The molecule has 0 aliphatic carbocycles. The molecule has 2 rings (SSSR count). The fourth-order valence-corrected chi connectivity index (χ4v) is 1.91. The first-order chi connectivity index (χ1) is 9.70. The third-order valence-corrected chi connectivity index (χ3v) is 2.91. The van der Waals surface area contributed by atoms with Crippen molar-refractivity contribution >= 4 is 11.0 Å². The van der Waals surface area contributed by atoms with E-state index in [-0.39, 0.29) is 5.63 Å². The summed E-state index contributed by atoms with van der Waals surface area (Å²) in [6, 6.07) is 6.92. The van der Waals surface area contributed by atoms with E-state index in [1.165, 1.54) is 6.07 Å². The number of benzene rings is 1. The van der Waals surface area contributed by atoms with E-state index in [9.17, 15) is 4.79 Å². The first-order valence-electron chi connectivity index (χ1n) is 6.39. The van der Waals surface area contributed by atoms with E-state index in [0.29, 0.717) is 24.5 Å². The van der Waals surface area contributed by atoms with Gasteiger partial charge in [0.2, 0.25) is 0 Å². The van der Waals surface area contributed by atoms with Gasteiger partial charge < -0.3 is 9.15 Å². The summed E-state index contributed by atoms with van der Waals surface area (Å²) in [7, 11) is 0. The van der Waals surface area contributed by atoms with E-state index in [4.69, 9.17) is 14.7 Å². The number of aryl methyl sites for hydroxylation is 1. The van der Waals surface area contributed by atoms with Gasteiger partial charge in [-0.15, -0.1) is 0 Å². The minimum atomic E-state index is -0.360. The molecule has 0 aliphatic heterocycles. The highest BCUT2D eigenvalue weighted by atomic mass is 16.5. The van der Waals surface area contributed by atoms with Crippen LogP contribution in [0.5, 0.6) is 5.75 Å². The highest BCUT2D eigenvalue weighted by molar-refractivity contribution is 5.81. The molecule has 104 valence electrons. The molecular weight excluding hydrogens is 258 g/mol. The van der Waals surface area contributed by atoms with Crippen molar-refractivity contribution < 1.29 is 9.15 Å². The Kier molecular flexibility index (Phi) is 4.63. The molecule has 0 N–H and O–H groups in total. The van der Waals surface area contributed by atoms with Gasteiger partial charge in [-0.05, 0) is 43.0 Å². The summed E-state index contributed by atoms with van der Waals surface area (Å²) in [5.41, 5.74) is 9.19. The highest BCUT2D eigenvalue weighted by Crippen LogP contribution is 2.22. The standard InChI is InChI=1S/C14H15N3O3/c1-10-8-14(18)20-13-9-11(4-5-12(10)13)19-7-3-2-6-16-17-15/h4-5,8-9H,2-3,6-7H2,1H3. The molecule has 1 aromatic carbocycles. The number of unbranched alkanes of at least 4 members (excludes halogenated alkanes) is 1. The molecule has 0 saturated heterocycles. The Morgan fingerprint density at radius 3 is 3.00 bits per heavy atom. The van der Waals surface area contributed by atoms with Crippen molar-refractivity contribution in [1.29, 1.82) is 0 Å². The first-order valence-corrected chi connectivity index (χ1v) is 6.39. The van der Waals surface area contributed by atoms with Gasteiger partial charge in [0.25, 0.3) is 0 Å². The molecule has 6 nitrogen and oxygen atoms in total. The van der Waals surface area contributed by atoms with Crippen molar-refractivity contribution in [3.63, 3.8) is 0 Å².